The van der Waals surface area contributed by atoms with Crippen LogP contribution in [0.15, 0.2) is 36.8 Å². The average Bonchev–Trinajstić information content (AvgIpc) is 3.70. The van der Waals surface area contributed by atoms with E-state index in [4.69, 9.17) is 10.5 Å². The van der Waals surface area contributed by atoms with E-state index in [2.05, 4.69) is 37.4 Å². The van der Waals surface area contributed by atoms with Gasteiger partial charge in [-0.3, -0.25) is 4.68 Å². The number of hydrogen-bond donors (Lipinski definition) is 1. The maximum atomic E-state index is 15.2. The fourth-order valence-electron chi connectivity index (χ4n) is 4.62. The fourth-order valence-corrected chi connectivity index (χ4v) is 4.62. The number of nitrogen functional groups attached to an aromatic ring is 1. The van der Waals surface area contributed by atoms with E-state index in [0.29, 0.717) is 12.2 Å². The lowest BCUT2D eigenvalue weighted by molar-refractivity contribution is 0.268. The van der Waals surface area contributed by atoms with Gasteiger partial charge in [0.2, 0.25) is 5.82 Å². The molecule has 4 aromatic rings. The van der Waals surface area contributed by atoms with Crippen LogP contribution >= 0.6 is 0 Å². The lowest BCUT2D eigenvalue weighted by Crippen LogP contribution is -2.20. The number of pyridine rings is 1. The predicted molar refractivity (Wildman–Crippen MR) is 139 cm³/mol. The van der Waals surface area contributed by atoms with Gasteiger partial charge in [-0.25, -0.2) is 9.37 Å². The van der Waals surface area contributed by atoms with Crippen molar-refractivity contribution in [1.29, 1.82) is 0 Å². The highest BCUT2D eigenvalue weighted by Gasteiger charge is 2.22. The van der Waals surface area contributed by atoms with E-state index in [-0.39, 0.29) is 23.1 Å². The third-order valence-corrected chi connectivity index (χ3v) is 6.63. The smallest absolute Gasteiger partial charge is 0.202 e. The molecule has 0 spiro atoms. The molecular weight excluding hydrogens is 492 g/mol. The molecule has 10 nitrogen and oxygen atoms in total. The second-order valence-corrected chi connectivity index (χ2v) is 9.38. The molecule has 0 aliphatic carbocycles. The number of nitrogens with zero attached hydrogens (tertiary/aromatic N) is 8. The van der Waals surface area contributed by atoms with Crippen LogP contribution in [0, 0.1) is 11.6 Å². The van der Waals surface area contributed by atoms with Crippen molar-refractivity contribution in [1.82, 2.24) is 39.9 Å². The molecule has 4 heterocycles. The van der Waals surface area contributed by atoms with Crippen molar-refractivity contribution in [3.05, 3.63) is 48.4 Å². The van der Waals surface area contributed by atoms with Crippen LogP contribution in [0.25, 0.3) is 28.2 Å². The number of rotatable bonds is 11. The molecule has 2 N–H and O–H groups in total. The average molecular weight is 524 g/mol. The summed E-state index contributed by atoms with van der Waals surface area (Å²) in [7, 11) is 0. The molecule has 1 aliphatic heterocycles. The number of nitrogens with two attached hydrogens (primary N) is 1. The summed E-state index contributed by atoms with van der Waals surface area (Å²) in [5.74, 6) is -2.06. The lowest BCUT2D eigenvalue weighted by atomic mass is 10.1. The number of aromatic nitrogens is 7. The van der Waals surface area contributed by atoms with E-state index < -0.39 is 11.6 Å². The highest BCUT2D eigenvalue weighted by molar-refractivity contribution is 5.76. The summed E-state index contributed by atoms with van der Waals surface area (Å²) in [4.78, 5) is 6.68. The monoisotopic (exact) mass is 523 g/mol. The maximum Gasteiger partial charge on any atom is 0.202 e. The van der Waals surface area contributed by atoms with Gasteiger partial charge in [-0.15, -0.1) is 5.10 Å². The number of tetrazole rings is 1. The van der Waals surface area contributed by atoms with Crippen LogP contribution in [0.2, 0.25) is 0 Å². The largest absolute Gasteiger partial charge is 0.490 e. The number of likely N-dealkylation sites (tertiary alicyclic amines) is 1. The molecule has 0 unspecified atom stereocenters. The molecule has 38 heavy (non-hydrogen) atoms. The molecule has 0 bridgehead atoms. The molecule has 0 atom stereocenters. The molecule has 12 heteroatoms. The van der Waals surface area contributed by atoms with Gasteiger partial charge in [0.15, 0.2) is 17.4 Å². The van der Waals surface area contributed by atoms with E-state index in [1.54, 1.807) is 18.5 Å². The zero-order valence-electron chi connectivity index (χ0n) is 21.4. The lowest BCUT2D eigenvalue weighted by Gasteiger charge is -2.14. The summed E-state index contributed by atoms with van der Waals surface area (Å²) in [5.41, 5.74) is 7.94. The van der Waals surface area contributed by atoms with E-state index in [0.717, 1.165) is 61.3 Å². The third-order valence-electron chi connectivity index (χ3n) is 6.63. The van der Waals surface area contributed by atoms with Crippen molar-refractivity contribution in [3.63, 3.8) is 0 Å². The first-order valence-electron chi connectivity index (χ1n) is 13.0. The van der Waals surface area contributed by atoms with E-state index in [1.807, 2.05) is 10.9 Å². The molecule has 0 radical (unpaired) electrons. The summed E-state index contributed by atoms with van der Waals surface area (Å²) in [6.07, 6.45) is 10.4. The van der Waals surface area contributed by atoms with Crippen LogP contribution in [0.3, 0.4) is 0 Å². The second kappa shape index (κ2) is 11.6. The van der Waals surface area contributed by atoms with Gasteiger partial charge in [0, 0.05) is 30.1 Å². The Morgan fingerprint density at radius 3 is 2.68 bits per heavy atom. The Kier molecular flexibility index (Phi) is 7.87. The van der Waals surface area contributed by atoms with E-state index in [1.165, 1.54) is 25.0 Å². The first kappa shape index (κ1) is 25.7. The molecule has 5 rings (SSSR count). The van der Waals surface area contributed by atoms with E-state index in [9.17, 15) is 4.39 Å². The van der Waals surface area contributed by atoms with Crippen LogP contribution in [-0.2, 0) is 6.54 Å². The number of hydrogen-bond acceptors (Lipinski definition) is 8. The highest BCUT2D eigenvalue weighted by atomic mass is 19.2. The summed E-state index contributed by atoms with van der Waals surface area (Å²) >= 11 is 0. The summed E-state index contributed by atoms with van der Waals surface area (Å²) in [6, 6.07) is 4.53. The standard InChI is InChI=1S/C26H31F2N9O/c1-2-9-36-17-19(16-31-36)18-14-20(25(29)30-15-18)26-32-33-34-37(26)21-7-8-22(24(28)23(21)27)38-13-6-5-12-35-10-3-4-11-35/h7-8,14-17H,2-6,9-13H2,1H3,(H2,29,30). The number of anilines is 1. The fraction of sp³-hybridized carbons (Fsp3) is 0.423. The first-order valence-corrected chi connectivity index (χ1v) is 13.0. The van der Waals surface area contributed by atoms with Crippen molar-refractivity contribution in [2.45, 2.75) is 45.6 Å². The molecule has 0 amide bonds. The molecule has 1 fully saturated rings. The topological polar surface area (TPSA) is 113 Å². The van der Waals surface area contributed by atoms with Crippen LogP contribution in [-0.4, -0.2) is 66.1 Å². The molecular formula is C26H31F2N9O. The normalized spacial score (nSPS) is 13.9. The molecule has 1 aliphatic rings. The number of aryl methyl sites for hydroxylation is 1. The van der Waals surface area contributed by atoms with Gasteiger partial charge in [0.1, 0.15) is 11.5 Å². The molecule has 200 valence electrons. The van der Waals surface area contributed by atoms with Gasteiger partial charge in [-0.1, -0.05) is 6.92 Å². The van der Waals surface area contributed by atoms with Crippen molar-refractivity contribution in [2.75, 3.05) is 32.0 Å². The summed E-state index contributed by atoms with van der Waals surface area (Å²) in [6.45, 7) is 6.44. The minimum Gasteiger partial charge on any atom is -0.490 e. The van der Waals surface area contributed by atoms with Gasteiger partial charge in [-0.05, 0) is 80.4 Å². The minimum atomic E-state index is -1.11. The number of benzene rings is 1. The Hall–Kier alpha value is -3.93. The highest BCUT2D eigenvalue weighted by Crippen LogP contribution is 2.31. The van der Waals surface area contributed by atoms with Crippen LogP contribution in [0.4, 0.5) is 14.6 Å². The Balaban J connectivity index is 1.33. The minimum absolute atomic E-state index is 0.131. The zero-order valence-corrected chi connectivity index (χ0v) is 21.4. The molecule has 1 aromatic carbocycles. The third kappa shape index (κ3) is 5.49. The number of halogens is 2. The molecule has 3 aromatic heterocycles. The van der Waals surface area contributed by atoms with Crippen molar-refractivity contribution in [3.8, 4) is 34.0 Å². The van der Waals surface area contributed by atoms with E-state index >= 15 is 4.39 Å². The number of ether oxygens (including phenoxy) is 1. The Labute approximate surface area is 219 Å². The van der Waals surface area contributed by atoms with Gasteiger partial charge in [-0.2, -0.15) is 14.2 Å². The van der Waals surface area contributed by atoms with Crippen LogP contribution in [0.5, 0.6) is 5.75 Å². The van der Waals surface area contributed by atoms with Gasteiger partial charge < -0.3 is 15.4 Å². The Morgan fingerprint density at radius 2 is 1.87 bits per heavy atom. The zero-order chi connectivity index (χ0) is 26.5. The maximum absolute atomic E-state index is 15.2. The first-order chi connectivity index (χ1) is 18.5. The summed E-state index contributed by atoms with van der Waals surface area (Å²) < 4.78 is 38.6. The van der Waals surface area contributed by atoms with Gasteiger partial charge >= 0.3 is 0 Å². The van der Waals surface area contributed by atoms with Crippen LogP contribution in [0.1, 0.15) is 39.0 Å². The van der Waals surface area contributed by atoms with Crippen LogP contribution < -0.4 is 10.5 Å². The Morgan fingerprint density at radius 1 is 1.03 bits per heavy atom. The van der Waals surface area contributed by atoms with Crippen molar-refractivity contribution in [2.24, 2.45) is 0 Å². The second-order valence-electron chi connectivity index (χ2n) is 9.38. The predicted octanol–water partition coefficient (Wildman–Crippen LogP) is 4.11. The van der Waals surface area contributed by atoms with Crippen molar-refractivity contribution >= 4 is 5.82 Å². The van der Waals surface area contributed by atoms with Gasteiger partial charge in [0.05, 0.1) is 18.4 Å². The van der Waals surface area contributed by atoms with Crippen molar-refractivity contribution < 1.29 is 13.5 Å². The van der Waals surface area contributed by atoms with Gasteiger partial charge in [0.25, 0.3) is 0 Å². The Bertz CT molecular complexity index is 1380. The number of unbranched alkanes of at least 4 members (excludes halogenated alkanes) is 1. The SMILES string of the molecule is CCCn1cc(-c2cnc(N)c(-c3nnnn3-c3ccc(OCCCCN4CCCC4)c(F)c3F)c2)cn1. The molecule has 0 saturated carbocycles. The quantitative estimate of drug-likeness (QED) is 0.292. The molecule has 1 saturated heterocycles. The summed E-state index contributed by atoms with van der Waals surface area (Å²) in [5, 5.41) is 15.9.